The second kappa shape index (κ2) is 14.2. The summed E-state index contributed by atoms with van der Waals surface area (Å²) in [5.74, 6) is 9.72. The van der Waals surface area contributed by atoms with Crippen molar-refractivity contribution in [2.75, 3.05) is 36.0 Å². The molecule has 6 nitrogen and oxygen atoms in total. The Balaban J connectivity index is 0.000000144. The molecule has 8 rings (SSSR count). The van der Waals surface area contributed by atoms with Crippen LogP contribution in [-0.4, -0.2) is 36.1 Å². The van der Waals surface area contributed by atoms with E-state index in [1.807, 2.05) is 30.3 Å². The highest BCUT2D eigenvalue weighted by Crippen LogP contribution is 2.58. The fraction of sp³-hybridized carbons (Fsp3) is 0.263. The minimum atomic E-state index is -0.379. The minimum absolute atomic E-state index is 0.0130. The molecule has 4 atom stereocenters. The van der Waals surface area contributed by atoms with Crippen molar-refractivity contribution in [2.24, 2.45) is 22.7 Å². The number of hydrogen-bond donors (Lipinski definition) is 0. The molecule has 0 bridgehead atoms. The van der Waals surface area contributed by atoms with Crippen LogP contribution < -0.4 is 9.80 Å². The Morgan fingerprint density at radius 2 is 1.29 bits per heavy atom. The summed E-state index contributed by atoms with van der Waals surface area (Å²) in [4.78, 5) is 12.0. The monoisotopic (exact) mass is 802 g/mol. The maximum absolute atomic E-state index is 13.7. The first-order chi connectivity index (χ1) is 23.5. The van der Waals surface area contributed by atoms with Crippen LogP contribution >= 0.6 is 45.8 Å². The first-order valence-corrected chi connectivity index (χ1v) is 17.2. The molecule has 2 aromatic carbocycles. The summed E-state index contributed by atoms with van der Waals surface area (Å²) in [6.07, 6.45) is 11.0. The third-order valence-electron chi connectivity index (χ3n) is 9.20. The van der Waals surface area contributed by atoms with Gasteiger partial charge in [0.1, 0.15) is 21.9 Å². The number of hydrogen-bond acceptors (Lipinski definition) is 6. The Hall–Kier alpha value is -4.39. The van der Waals surface area contributed by atoms with Crippen LogP contribution in [0, 0.1) is 84.7 Å². The zero-order valence-electron chi connectivity index (χ0n) is 26.0. The second-order valence-corrected chi connectivity index (χ2v) is 14.6. The van der Waals surface area contributed by atoms with Crippen LogP contribution in [0.5, 0.6) is 0 Å². The van der Waals surface area contributed by atoms with Gasteiger partial charge in [0, 0.05) is 59.1 Å². The summed E-state index contributed by atoms with van der Waals surface area (Å²) >= 11 is 13.6. The number of rotatable bonds is 2. The van der Waals surface area contributed by atoms with E-state index >= 15 is 0 Å². The highest BCUT2D eigenvalue weighted by molar-refractivity contribution is 14.1. The van der Waals surface area contributed by atoms with Crippen LogP contribution in [0.2, 0.25) is 10.3 Å². The summed E-state index contributed by atoms with van der Waals surface area (Å²) < 4.78 is 28.1. The molecule has 4 fully saturated rings. The maximum atomic E-state index is 13.7. The molecule has 4 aromatic rings. The van der Waals surface area contributed by atoms with Crippen molar-refractivity contribution in [1.82, 2.24) is 9.97 Å². The highest BCUT2D eigenvalue weighted by atomic mass is 127. The van der Waals surface area contributed by atoms with E-state index in [4.69, 9.17) is 40.1 Å². The second-order valence-electron chi connectivity index (χ2n) is 12.6. The SMILES string of the molecule is C#CC12CC1CN(c1cc(F)cc(C#N)c1)C2.Clc1cc(I)ccn1.N#Cc1cc(F)cc(N2CC3CC3(C#Cc3ccnc(Cl)c3)C2)c1. The Bertz CT molecular complexity index is 2100. The number of benzene rings is 2. The Morgan fingerprint density at radius 1 is 0.755 bits per heavy atom. The molecule has 0 spiro atoms. The number of piperidine rings is 2. The van der Waals surface area contributed by atoms with Gasteiger partial charge in [0.2, 0.25) is 0 Å². The molecule has 11 heteroatoms. The zero-order valence-corrected chi connectivity index (χ0v) is 29.6. The van der Waals surface area contributed by atoms with Crippen molar-refractivity contribution in [3.05, 3.63) is 115 Å². The smallest absolute Gasteiger partial charge is 0.130 e. The van der Waals surface area contributed by atoms with Crippen molar-refractivity contribution < 1.29 is 8.78 Å². The molecule has 0 N–H and O–H groups in total. The van der Waals surface area contributed by atoms with Gasteiger partial charge in [-0.15, -0.1) is 6.42 Å². The number of aromatic nitrogens is 2. The molecule has 4 aliphatic rings. The Labute approximate surface area is 307 Å². The van der Waals surface area contributed by atoms with Crippen molar-refractivity contribution in [3.63, 3.8) is 0 Å². The molecule has 4 unspecified atom stereocenters. The molecule has 0 radical (unpaired) electrons. The normalized spacial score (nSPS) is 23.4. The lowest BCUT2D eigenvalue weighted by Crippen LogP contribution is -2.24. The van der Waals surface area contributed by atoms with E-state index in [0.717, 1.165) is 59.5 Å². The van der Waals surface area contributed by atoms with E-state index in [1.54, 1.807) is 30.6 Å². The standard InChI is InChI=1S/C19H13ClFN3.C14H11FN2.C5H3ClIN/c20-18-7-13(2-4-23-18)1-3-19-9-15(19)11-24(12-19)17-6-14(10-22)5-16(21)8-17;1-2-14-6-11(14)8-17(9-14)13-4-10(7-16)3-12(15)5-13;6-5-3-4(7)1-2-8-5/h2,4-8,15H,9,11-12H2;1,3-5,11H,6,8-9H2;1-3H. The van der Waals surface area contributed by atoms with Crippen LogP contribution in [0.15, 0.2) is 73.1 Å². The molecule has 0 amide bonds. The van der Waals surface area contributed by atoms with Gasteiger partial charge in [0.15, 0.2) is 0 Å². The van der Waals surface area contributed by atoms with Gasteiger partial charge in [0.25, 0.3) is 0 Å². The first-order valence-electron chi connectivity index (χ1n) is 15.3. The minimum Gasteiger partial charge on any atom is -0.370 e. The average molecular weight is 803 g/mol. The summed E-state index contributed by atoms with van der Waals surface area (Å²) in [6, 6.07) is 20.2. The van der Waals surface area contributed by atoms with Gasteiger partial charge < -0.3 is 9.80 Å². The number of nitrogens with zero attached hydrogens (tertiary/aromatic N) is 6. The van der Waals surface area contributed by atoms with Crippen LogP contribution in [-0.2, 0) is 0 Å². The van der Waals surface area contributed by atoms with Crippen LogP contribution in [0.25, 0.3) is 0 Å². The van der Waals surface area contributed by atoms with E-state index in [2.05, 4.69) is 60.1 Å². The number of terminal acetylenes is 1. The molecular formula is C38H27Cl2F2IN6. The molecule has 2 aliphatic heterocycles. The number of fused-ring (bicyclic) bond motifs is 2. The van der Waals surface area contributed by atoms with Crippen molar-refractivity contribution in [3.8, 4) is 36.3 Å². The molecule has 2 saturated heterocycles. The van der Waals surface area contributed by atoms with Crippen LogP contribution in [0.3, 0.4) is 0 Å². The predicted molar refractivity (Wildman–Crippen MR) is 195 cm³/mol. The summed E-state index contributed by atoms with van der Waals surface area (Å²) in [7, 11) is 0. The molecule has 2 aliphatic carbocycles. The molecule has 2 aromatic heterocycles. The predicted octanol–water partition coefficient (Wildman–Crippen LogP) is 8.12. The van der Waals surface area contributed by atoms with Crippen LogP contribution in [0.1, 0.15) is 29.5 Å². The molecule has 4 heterocycles. The topological polar surface area (TPSA) is 79.8 Å². The van der Waals surface area contributed by atoms with E-state index < -0.39 is 0 Å². The van der Waals surface area contributed by atoms with Crippen molar-refractivity contribution in [1.29, 1.82) is 10.5 Å². The molecular weight excluding hydrogens is 776 g/mol. The van der Waals surface area contributed by atoms with Gasteiger partial charge in [-0.3, -0.25) is 0 Å². The van der Waals surface area contributed by atoms with Crippen LogP contribution in [0.4, 0.5) is 20.2 Å². The van der Waals surface area contributed by atoms with Gasteiger partial charge >= 0.3 is 0 Å². The van der Waals surface area contributed by atoms with Gasteiger partial charge in [-0.2, -0.15) is 10.5 Å². The third-order valence-corrected chi connectivity index (χ3v) is 10.3. The lowest BCUT2D eigenvalue weighted by molar-refractivity contribution is 0.625. The summed E-state index contributed by atoms with van der Waals surface area (Å²) in [6.45, 7) is 3.26. The number of halogens is 5. The largest absolute Gasteiger partial charge is 0.370 e. The maximum Gasteiger partial charge on any atom is 0.130 e. The van der Waals surface area contributed by atoms with Gasteiger partial charge in [-0.25, -0.2) is 18.7 Å². The molecule has 2 saturated carbocycles. The fourth-order valence-corrected chi connectivity index (χ4v) is 7.46. The van der Waals surface area contributed by atoms with Crippen molar-refractivity contribution in [2.45, 2.75) is 12.8 Å². The first kappa shape index (κ1) is 34.5. The molecule has 244 valence electrons. The van der Waals surface area contributed by atoms with Gasteiger partial charge in [-0.05, 0) is 108 Å². The Kier molecular flexibility index (Phi) is 10.0. The van der Waals surface area contributed by atoms with Gasteiger partial charge in [0.05, 0.1) is 34.1 Å². The quantitative estimate of drug-likeness (QED) is 0.116. The summed E-state index contributed by atoms with van der Waals surface area (Å²) in [5, 5.41) is 18.8. The lowest BCUT2D eigenvalue weighted by atomic mass is 10.1. The number of nitriles is 2. The molecule has 49 heavy (non-hydrogen) atoms. The lowest BCUT2D eigenvalue weighted by Gasteiger charge is -2.21. The van der Waals surface area contributed by atoms with E-state index in [1.165, 1.54) is 24.3 Å². The van der Waals surface area contributed by atoms with E-state index in [0.29, 0.717) is 33.3 Å². The van der Waals surface area contributed by atoms with Gasteiger partial charge in [-0.1, -0.05) is 41.0 Å². The van der Waals surface area contributed by atoms with E-state index in [9.17, 15) is 8.78 Å². The Morgan fingerprint density at radius 3 is 1.78 bits per heavy atom. The fourth-order valence-electron chi connectivity index (χ4n) is 6.48. The summed E-state index contributed by atoms with van der Waals surface area (Å²) in [5.41, 5.74) is 3.06. The zero-order chi connectivity index (χ0) is 34.8. The van der Waals surface area contributed by atoms with Crippen molar-refractivity contribution >= 4 is 57.2 Å². The van der Waals surface area contributed by atoms with E-state index in [-0.39, 0.29) is 22.5 Å². The number of pyridine rings is 2. The average Bonchev–Trinajstić information content (AvgIpc) is 3.87. The third kappa shape index (κ3) is 8.09. The number of anilines is 2. The highest BCUT2D eigenvalue weighted by Gasteiger charge is 2.60.